The lowest BCUT2D eigenvalue weighted by Gasteiger charge is -2.13. The Morgan fingerprint density at radius 3 is 2.80 bits per heavy atom. The molecule has 15 heavy (non-hydrogen) atoms. The molecule has 0 fully saturated rings. The first-order valence-corrected chi connectivity index (χ1v) is 6.09. The lowest BCUT2D eigenvalue weighted by atomic mass is 10.2. The summed E-state index contributed by atoms with van der Waals surface area (Å²) in [5.74, 6) is 0. The first-order chi connectivity index (χ1) is 7.24. The maximum absolute atomic E-state index is 5.72. The predicted octanol–water partition coefficient (Wildman–Crippen LogP) is 2.96. The highest BCUT2D eigenvalue weighted by atomic mass is 79.9. The molecule has 1 rings (SSSR count). The van der Waals surface area contributed by atoms with Gasteiger partial charge < -0.3 is 10.1 Å². The third-order valence-corrected chi connectivity index (χ3v) is 2.94. The third-order valence-electron chi connectivity index (χ3n) is 2.16. The highest BCUT2D eigenvalue weighted by Crippen LogP contribution is 2.16. The Morgan fingerprint density at radius 1 is 1.40 bits per heavy atom. The van der Waals surface area contributed by atoms with Crippen LogP contribution in [0.1, 0.15) is 19.4 Å². The number of hydrogen-bond donors (Lipinski definition) is 1. The van der Waals surface area contributed by atoms with E-state index in [4.69, 9.17) is 4.74 Å². The molecule has 1 unspecified atom stereocenters. The maximum Gasteiger partial charge on any atom is 0.0732 e. The molecule has 0 radical (unpaired) electrons. The SMILES string of the molecule is CCNCC(C)OCc1ccccc1Br. The number of benzene rings is 1. The van der Waals surface area contributed by atoms with Gasteiger partial charge in [0.2, 0.25) is 0 Å². The topological polar surface area (TPSA) is 21.3 Å². The van der Waals surface area contributed by atoms with Gasteiger partial charge in [-0.05, 0) is 25.1 Å². The van der Waals surface area contributed by atoms with E-state index in [9.17, 15) is 0 Å². The minimum absolute atomic E-state index is 0.247. The van der Waals surface area contributed by atoms with Crippen molar-refractivity contribution in [2.75, 3.05) is 13.1 Å². The summed E-state index contributed by atoms with van der Waals surface area (Å²) < 4.78 is 6.83. The van der Waals surface area contributed by atoms with E-state index in [2.05, 4.69) is 41.2 Å². The summed E-state index contributed by atoms with van der Waals surface area (Å²) in [5.41, 5.74) is 1.20. The molecule has 1 N–H and O–H groups in total. The Bertz CT molecular complexity index is 291. The molecule has 0 aliphatic rings. The van der Waals surface area contributed by atoms with E-state index >= 15 is 0 Å². The van der Waals surface area contributed by atoms with E-state index in [1.165, 1.54) is 5.56 Å². The van der Waals surface area contributed by atoms with Crippen LogP contribution in [0.2, 0.25) is 0 Å². The molecule has 0 amide bonds. The molecule has 0 aliphatic carbocycles. The largest absolute Gasteiger partial charge is 0.372 e. The van der Waals surface area contributed by atoms with Crippen molar-refractivity contribution < 1.29 is 4.74 Å². The molecule has 0 aliphatic heterocycles. The fourth-order valence-electron chi connectivity index (χ4n) is 1.25. The van der Waals surface area contributed by atoms with Gasteiger partial charge in [0.25, 0.3) is 0 Å². The van der Waals surface area contributed by atoms with Gasteiger partial charge in [0.1, 0.15) is 0 Å². The smallest absolute Gasteiger partial charge is 0.0732 e. The summed E-state index contributed by atoms with van der Waals surface area (Å²) in [6, 6.07) is 8.14. The van der Waals surface area contributed by atoms with Crippen LogP contribution in [0.25, 0.3) is 0 Å². The zero-order valence-corrected chi connectivity index (χ0v) is 10.9. The molecule has 84 valence electrons. The van der Waals surface area contributed by atoms with Gasteiger partial charge in [0, 0.05) is 11.0 Å². The van der Waals surface area contributed by atoms with E-state index < -0.39 is 0 Å². The molecule has 0 spiro atoms. The van der Waals surface area contributed by atoms with Gasteiger partial charge in [0.15, 0.2) is 0 Å². The van der Waals surface area contributed by atoms with Crippen LogP contribution in [-0.4, -0.2) is 19.2 Å². The van der Waals surface area contributed by atoms with Crippen molar-refractivity contribution >= 4 is 15.9 Å². The van der Waals surface area contributed by atoms with Gasteiger partial charge in [-0.2, -0.15) is 0 Å². The van der Waals surface area contributed by atoms with Gasteiger partial charge in [-0.25, -0.2) is 0 Å². The molecule has 2 nitrogen and oxygen atoms in total. The molecule has 3 heteroatoms. The summed E-state index contributed by atoms with van der Waals surface area (Å²) in [7, 11) is 0. The van der Waals surface area contributed by atoms with Crippen LogP contribution >= 0.6 is 15.9 Å². The standard InChI is InChI=1S/C12H18BrNO/c1-3-14-8-10(2)15-9-11-6-4-5-7-12(11)13/h4-7,10,14H,3,8-9H2,1-2H3. The number of hydrogen-bond acceptors (Lipinski definition) is 2. The molecular weight excluding hydrogens is 254 g/mol. The maximum atomic E-state index is 5.72. The van der Waals surface area contributed by atoms with Crippen molar-refractivity contribution in [2.24, 2.45) is 0 Å². The molecule has 1 atom stereocenters. The number of likely N-dealkylation sites (N-methyl/N-ethyl adjacent to an activating group) is 1. The van der Waals surface area contributed by atoms with Crippen molar-refractivity contribution in [3.05, 3.63) is 34.3 Å². The average molecular weight is 272 g/mol. The zero-order valence-electron chi connectivity index (χ0n) is 9.29. The minimum Gasteiger partial charge on any atom is -0.372 e. The number of halogens is 1. The molecular formula is C12H18BrNO. The van der Waals surface area contributed by atoms with E-state index in [1.807, 2.05) is 18.2 Å². The Morgan fingerprint density at radius 2 is 2.13 bits per heavy atom. The van der Waals surface area contributed by atoms with Gasteiger partial charge in [-0.3, -0.25) is 0 Å². The molecule has 0 bridgehead atoms. The highest BCUT2D eigenvalue weighted by molar-refractivity contribution is 9.10. The summed E-state index contributed by atoms with van der Waals surface area (Å²) in [4.78, 5) is 0. The Labute approximate surface area is 100 Å². The summed E-state index contributed by atoms with van der Waals surface area (Å²) in [6.07, 6.45) is 0.247. The number of rotatable bonds is 6. The van der Waals surface area contributed by atoms with Crippen LogP contribution in [0.5, 0.6) is 0 Å². The molecule has 0 heterocycles. The van der Waals surface area contributed by atoms with Gasteiger partial charge in [-0.1, -0.05) is 41.1 Å². The predicted molar refractivity (Wildman–Crippen MR) is 66.9 cm³/mol. The fraction of sp³-hybridized carbons (Fsp3) is 0.500. The van der Waals surface area contributed by atoms with E-state index in [1.54, 1.807) is 0 Å². The second-order valence-corrected chi connectivity index (χ2v) is 4.38. The Hall–Kier alpha value is -0.380. The summed E-state index contributed by atoms with van der Waals surface area (Å²) >= 11 is 3.50. The van der Waals surface area contributed by atoms with Gasteiger partial charge >= 0.3 is 0 Å². The quantitative estimate of drug-likeness (QED) is 0.859. The summed E-state index contributed by atoms with van der Waals surface area (Å²) in [6.45, 7) is 6.73. The van der Waals surface area contributed by atoms with Crippen molar-refractivity contribution in [3.8, 4) is 0 Å². The normalized spacial score (nSPS) is 12.7. The minimum atomic E-state index is 0.247. The van der Waals surface area contributed by atoms with Gasteiger partial charge in [-0.15, -0.1) is 0 Å². The van der Waals surface area contributed by atoms with Crippen molar-refractivity contribution in [3.63, 3.8) is 0 Å². The Balaban J connectivity index is 2.33. The second kappa shape index (κ2) is 6.99. The number of nitrogens with one attached hydrogen (secondary N) is 1. The molecule has 1 aromatic carbocycles. The molecule has 0 saturated carbocycles. The van der Waals surface area contributed by atoms with E-state index in [0.29, 0.717) is 6.61 Å². The van der Waals surface area contributed by atoms with Crippen molar-refractivity contribution in [2.45, 2.75) is 26.6 Å². The monoisotopic (exact) mass is 271 g/mol. The number of ether oxygens (including phenoxy) is 1. The van der Waals surface area contributed by atoms with Crippen LogP contribution in [0, 0.1) is 0 Å². The van der Waals surface area contributed by atoms with E-state index in [0.717, 1.165) is 17.6 Å². The van der Waals surface area contributed by atoms with Crippen molar-refractivity contribution in [1.29, 1.82) is 0 Å². The second-order valence-electron chi connectivity index (χ2n) is 3.52. The van der Waals surface area contributed by atoms with Crippen molar-refractivity contribution in [1.82, 2.24) is 5.32 Å². The highest BCUT2D eigenvalue weighted by Gasteiger charge is 2.03. The van der Waals surface area contributed by atoms with Gasteiger partial charge in [0.05, 0.1) is 12.7 Å². The third kappa shape index (κ3) is 4.78. The van der Waals surface area contributed by atoms with Crippen LogP contribution in [-0.2, 0) is 11.3 Å². The lowest BCUT2D eigenvalue weighted by Crippen LogP contribution is -2.26. The first kappa shape index (κ1) is 12.7. The fourth-order valence-corrected chi connectivity index (χ4v) is 1.65. The first-order valence-electron chi connectivity index (χ1n) is 5.29. The lowest BCUT2D eigenvalue weighted by molar-refractivity contribution is 0.0533. The van der Waals surface area contributed by atoms with Crippen LogP contribution in [0.4, 0.5) is 0 Å². The zero-order chi connectivity index (χ0) is 11.1. The van der Waals surface area contributed by atoms with Crippen LogP contribution in [0.3, 0.4) is 0 Å². The molecule has 0 saturated heterocycles. The molecule has 0 aromatic heterocycles. The van der Waals surface area contributed by atoms with Crippen LogP contribution < -0.4 is 5.32 Å². The molecule has 1 aromatic rings. The average Bonchev–Trinajstić information content (AvgIpc) is 2.25. The van der Waals surface area contributed by atoms with E-state index in [-0.39, 0.29) is 6.10 Å². The van der Waals surface area contributed by atoms with Crippen LogP contribution in [0.15, 0.2) is 28.7 Å². The summed E-state index contributed by atoms with van der Waals surface area (Å²) in [5, 5.41) is 3.26. The Kier molecular flexibility index (Phi) is 5.91.